The van der Waals surface area contributed by atoms with Gasteiger partial charge in [0, 0.05) is 37.9 Å². The summed E-state index contributed by atoms with van der Waals surface area (Å²) in [5, 5.41) is 12.5. The molecule has 0 aliphatic rings. The van der Waals surface area contributed by atoms with Crippen LogP contribution in [0, 0.1) is 6.92 Å². The Morgan fingerprint density at radius 2 is 1.79 bits per heavy atom. The molecule has 8 nitrogen and oxygen atoms in total. The Morgan fingerprint density at radius 3 is 2.29 bits per heavy atom. The Labute approximate surface area is 167 Å². The van der Waals surface area contributed by atoms with Gasteiger partial charge in [-0.1, -0.05) is 24.3 Å². The fraction of sp³-hybridized carbons (Fsp3) is 0.450. The van der Waals surface area contributed by atoms with Crippen LogP contribution >= 0.6 is 0 Å². The van der Waals surface area contributed by atoms with Gasteiger partial charge in [-0.05, 0) is 40.7 Å². The summed E-state index contributed by atoms with van der Waals surface area (Å²) in [5.74, 6) is -0.594. The standard InChI is InChI=1S/C16H20N4O2.C4H12N2/c1-11-6-4-5-7-12(11)14-13(15(21)22)10-18-16(19-14)17-8-9-20(2)3;1-6(2)4-3-5/h4-7,10H,8-9H2,1-3H3,(H,21,22)(H,17,18,19);3-5H2,1-2H3. The molecule has 2 aromatic rings. The predicted molar refractivity (Wildman–Crippen MR) is 114 cm³/mol. The molecule has 0 bridgehead atoms. The summed E-state index contributed by atoms with van der Waals surface area (Å²) in [5.41, 5.74) is 7.51. The summed E-state index contributed by atoms with van der Waals surface area (Å²) >= 11 is 0. The van der Waals surface area contributed by atoms with E-state index in [-0.39, 0.29) is 5.56 Å². The van der Waals surface area contributed by atoms with Crippen molar-refractivity contribution in [2.75, 3.05) is 59.7 Å². The molecular formula is C20H32N6O2. The number of nitrogens with one attached hydrogen (secondary N) is 1. The lowest BCUT2D eigenvalue weighted by molar-refractivity contribution is 0.0697. The van der Waals surface area contributed by atoms with Gasteiger partial charge < -0.3 is 26.0 Å². The second kappa shape index (κ2) is 12.0. The molecule has 0 amide bonds. The van der Waals surface area contributed by atoms with Crippen molar-refractivity contribution in [3.63, 3.8) is 0 Å². The van der Waals surface area contributed by atoms with E-state index >= 15 is 0 Å². The Morgan fingerprint density at radius 1 is 1.14 bits per heavy atom. The van der Waals surface area contributed by atoms with Gasteiger partial charge >= 0.3 is 5.97 Å². The number of carboxylic acids is 1. The van der Waals surface area contributed by atoms with E-state index in [1.165, 1.54) is 6.20 Å². The number of hydrogen-bond donors (Lipinski definition) is 3. The Kier molecular flexibility index (Phi) is 10.1. The maximum atomic E-state index is 11.4. The number of likely N-dealkylation sites (N-methyl/N-ethyl adjacent to an activating group) is 2. The highest BCUT2D eigenvalue weighted by molar-refractivity contribution is 5.95. The van der Waals surface area contributed by atoms with Crippen LogP contribution in [0.15, 0.2) is 30.5 Å². The molecule has 0 unspecified atom stereocenters. The minimum absolute atomic E-state index is 0.104. The molecule has 4 N–H and O–H groups in total. The lowest BCUT2D eigenvalue weighted by Crippen LogP contribution is -2.21. The molecule has 0 atom stereocenters. The Balaban J connectivity index is 0.000000568. The number of aromatic carboxylic acids is 1. The molecule has 8 heteroatoms. The average molecular weight is 389 g/mol. The minimum atomic E-state index is -1.03. The van der Waals surface area contributed by atoms with Gasteiger partial charge in [-0.3, -0.25) is 0 Å². The first-order chi connectivity index (χ1) is 13.3. The number of nitrogens with two attached hydrogens (primary N) is 1. The fourth-order valence-electron chi connectivity index (χ4n) is 2.32. The van der Waals surface area contributed by atoms with Crippen LogP contribution in [0.25, 0.3) is 11.3 Å². The quantitative estimate of drug-likeness (QED) is 0.626. The molecule has 0 fully saturated rings. The zero-order valence-electron chi connectivity index (χ0n) is 17.4. The van der Waals surface area contributed by atoms with Crippen molar-refractivity contribution in [1.29, 1.82) is 0 Å². The van der Waals surface area contributed by atoms with Crippen molar-refractivity contribution in [2.24, 2.45) is 5.73 Å². The first kappa shape index (κ1) is 23.5. The highest BCUT2D eigenvalue weighted by Crippen LogP contribution is 2.25. The summed E-state index contributed by atoms with van der Waals surface area (Å²) in [6.45, 7) is 5.20. The first-order valence-electron chi connectivity index (χ1n) is 9.16. The Hall–Kier alpha value is -2.55. The number of nitrogens with zero attached hydrogens (tertiary/aromatic N) is 4. The monoisotopic (exact) mass is 388 g/mol. The third-order valence-electron chi connectivity index (χ3n) is 3.84. The number of aromatic nitrogens is 2. The number of carbonyl (C=O) groups is 1. The van der Waals surface area contributed by atoms with Crippen LogP contribution in [0.4, 0.5) is 5.95 Å². The van der Waals surface area contributed by atoms with E-state index in [4.69, 9.17) is 5.73 Å². The molecule has 0 aliphatic heterocycles. The number of carboxylic acid groups (broad SMARTS) is 1. The lowest BCUT2D eigenvalue weighted by Gasteiger charge is -2.12. The van der Waals surface area contributed by atoms with Gasteiger partial charge in [-0.15, -0.1) is 0 Å². The predicted octanol–water partition coefficient (Wildman–Crippen LogP) is 1.63. The SMILES string of the molecule is CN(C)CCN.Cc1ccccc1-c1nc(NCCN(C)C)ncc1C(=O)O. The summed E-state index contributed by atoms with van der Waals surface area (Å²) in [6, 6.07) is 7.59. The topological polar surface area (TPSA) is 108 Å². The van der Waals surface area contributed by atoms with E-state index < -0.39 is 5.97 Å². The number of hydrogen-bond acceptors (Lipinski definition) is 7. The van der Waals surface area contributed by atoms with Crippen molar-refractivity contribution < 1.29 is 9.90 Å². The molecule has 1 heterocycles. The van der Waals surface area contributed by atoms with Crippen molar-refractivity contribution in [3.8, 4) is 11.3 Å². The molecule has 28 heavy (non-hydrogen) atoms. The molecule has 1 aromatic heterocycles. The maximum absolute atomic E-state index is 11.4. The third kappa shape index (κ3) is 7.99. The molecule has 1 aromatic carbocycles. The lowest BCUT2D eigenvalue weighted by atomic mass is 10.0. The third-order valence-corrected chi connectivity index (χ3v) is 3.84. The molecule has 0 aliphatic carbocycles. The second-order valence-corrected chi connectivity index (χ2v) is 6.90. The summed E-state index contributed by atoms with van der Waals surface area (Å²) in [7, 11) is 7.98. The van der Waals surface area contributed by atoms with Crippen LogP contribution < -0.4 is 11.1 Å². The highest BCUT2D eigenvalue weighted by Gasteiger charge is 2.16. The van der Waals surface area contributed by atoms with Crippen LogP contribution in [0.1, 0.15) is 15.9 Å². The minimum Gasteiger partial charge on any atom is -0.478 e. The maximum Gasteiger partial charge on any atom is 0.339 e. The van der Waals surface area contributed by atoms with Crippen LogP contribution in [0.3, 0.4) is 0 Å². The Bertz CT molecular complexity index is 749. The smallest absolute Gasteiger partial charge is 0.339 e. The van der Waals surface area contributed by atoms with Gasteiger partial charge in [0.1, 0.15) is 5.56 Å². The molecule has 0 saturated heterocycles. The fourth-order valence-corrected chi connectivity index (χ4v) is 2.32. The van der Waals surface area contributed by atoms with E-state index in [1.54, 1.807) is 0 Å². The summed E-state index contributed by atoms with van der Waals surface area (Å²) in [4.78, 5) is 24.0. The summed E-state index contributed by atoms with van der Waals surface area (Å²) < 4.78 is 0. The average Bonchev–Trinajstić information content (AvgIpc) is 2.62. The highest BCUT2D eigenvalue weighted by atomic mass is 16.4. The van der Waals surface area contributed by atoms with Gasteiger partial charge in [-0.2, -0.15) is 0 Å². The second-order valence-electron chi connectivity index (χ2n) is 6.90. The van der Waals surface area contributed by atoms with Gasteiger partial charge in [0.25, 0.3) is 0 Å². The van der Waals surface area contributed by atoms with Crippen LogP contribution in [-0.2, 0) is 0 Å². The largest absolute Gasteiger partial charge is 0.478 e. The number of aryl methyl sites for hydroxylation is 1. The number of anilines is 1. The van der Waals surface area contributed by atoms with Crippen molar-refractivity contribution in [3.05, 3.63) is 41.6 Å². The van der Waals surface area contributed by atoms with Crippen molar-refractivity contribution in [1.82, 2.24) is 19.8 Å². The van der Waals surface area contributed by atoms with Gasteiger partial charge in [0.2, 0.25) is 5.95 Å². The number of rotatable bonds is 8. The van der Waals surface area contributed by atoms with E-state index in [2.05, 4.69) is 20.2 Å². The van der Waals surface area contributed by atoms with Gasteiger partial charge in [0.15, 0.2) is 0 Å². The van der Waals surface area contributed by atoms with Crippen LogP contribution in [0.5, 0.6) is 0 Å². The van der Waals surface area contributed by atoms with Gasteiger partial charge in [0.05, 0.1) is 5.69 Å². The molecule has 2 rings (SSSR count). The van der Waals surface area contributed by atoms with Crippen LogP contribution in [-0.4, -0.2) is 85.2 Å². The zero-order chi connectivity index (χ0) is 21.1. The van der Waals surface area contributed by atoms with Gasteiger partial charge in [-0.25, -0.2) is 14.8 Å². The zero-order valence-corrected chi connectivity index (χ0v) is 17.4. The van der Waals surface area contributed by atoms with E-state index in [0.29, 0.717) is 18.2 Å². The van der Waals surface area contributed by atoms with E-state index in [9.17, 15) is 9.90 Å². The molecular weight excluding hydrogens is 356 g/mol. The van der Waals surface area contributed by atoms with E-state index in [1.807, 2.05) is 64.3 Å². The summed E-state index contributed by atoms with van der Waals surface area (Å²) in [6.07, 6.45) is 1.36. The van der Waals surface area contributed by atoms with Crippen molar-refractivity contribution in [2.45, 2.75) is 6.92 Å². The number of benzene rings is 1. The molecule has 0 saturated carbocycles. The molecule has 154 valence electrons. The van der Waals surface area contributed by atoms with Crippen molar-refractivity contribution >= 4 is 11.9 Å². The normalized spacial score (nSPS) is 10.6. The van der Waals surface area contributed by atoms with Crippen LogP contribution in [0.2, 0.25) is 0 Å². The molecule has 0 radical (unpaired) electrons. The first-order valence-corrected chi connectivity index (χ1v) is 9.16. The van der Waals surface area contributed by atoms with E-state index in [0.717, 1.165) is 30.8 Å². The molecule has 0 spiro atoms.